The molecule has 0 radical (unpaired) electrons. The summed E-state index contributed by atoms with van der Waals surface area (Å²) in [4.78, 5) is 11.1. The Morgan fingerprint density at radius 1 is 1.64 bits per heavy atom. The second-order valence-electron chi connectivity index (χ2n) is 3.68. The van der Waals surface area contributed by atoms with Crippen molar-refractivity contribution in [1.82, 2.24) is 0 Å². The van der Waals surface area contributed by atoms with Crippen molar-refractivity contribution in [2.75, 3.05) is 12.9 Å². The van der Waals surface area contributed by atoms with Crippen LogP contribution in [0.15, 0.2) is 0 Å². The molecule has 0 saturated carbocycles. The van der Waals surface area contributed by atoms with Crippen molar-refractivity contribution in [1.29, 1.82) is 0 Å². The molecule has 2 atom stereocenters. The van der Waals surface area contributed by atoms with Crippen LogP contribution >= 0.6 is 21.6 Å². The Morgan fingerprint density at radius 3 is 3.00 bits per heavy atom. The van der Waals surface area contributed by atoms with Gasteiger partial charge in [-0.2, -0.15) is 0 Å². The van der Waals surface area contributed by atoms with E-state index in [1.807, 2.05) is 28.5 Å². The van der Waals surface area contributed by atoms with Crippen LogP contribution in [-0.2, 0) is 9.53 Å². The van der Waals surface area contributed by atoms with Gasteiger partial charge in [-0.1, -0.05) is 34.9 Å². The number of hydrogen-bond donors (Lipinski definition) is 0. The smallest absolute Gasteiger partial charge is 0.308 e. The zero-order valence-electron chi connectivity index (χ0n) is 8.82. The van der Waals surface area contributed by atoms with E-state index in [4.69, 9.17) is 0 Å². The number of rotatable bonds is 5. The van der Waals surface area contributed by atoms with Gasteiger partial charge in [0.2, 0.25) is 0 Å². The molecule has 2 unspecified atom stereocenters. The average Bonchev–Trinajstić information content (AvgIpc) is 2.69. The van der Waals surface area contributed by atoms with E-state index in [9.17, 15) is 4.79 Å². The standard InChI is InChI=1S/C10H18O2S2/c1-8(10(11)12-2)4-3-5-9-6-7-13-14-9/h8-9H,3-7H2,1-2H3. The molecule has 1 aliphatic rings. The summed E-state index contributed by atoms with van der Waals surface area (Å²) in [6, 6.07) is 0. The Kier molecular flexibility index (Phi) is 5.78. The van der Waals surface area contributed by atoms with Crippen molar-refractivity contribution < 1.29 is 9.53 Å². The first-order valence-electron chi connectivity index (χ1n) is 5.10. The summed E-state index contributed by atoms with van der Waals surface area (Å²) >= 11 is 0. The second kappa shape index (κ2) is 6.62. The minimum atomic E-state index is -0.0709. The van der Waals surface area contributed by atoms with E-state index < -0.39 is 0 Å². The highest BCUT2D eigenvalue weighted by Gasteiger charge is 2.18. The first kappa shape index (κ1) is 12.2. The van der Waals surface area contributed by atoms with Crippen LogP contribution in [0.2, 0.25) is 0 Å². The fourth-order valence-electron chi connectivity index (χ4n) is 1.54. The lowest BCUT2D eigenvalue weighted by Crippen LogP contribution is -2.13. The first-order chi connectivity index (χ1) is 6.74. The molecule has 82 valence electrons. The van der Waals surface area contributed by atoms with Gasteiger partial charge >= 0.3 is 5.97 Å². The van der Waals surface area contributed by atoms with Crippen molar-refractivity contribution in [3.05, 3.63) is 0 Å². The zero-order chi connectivity index (χ0) is 10.4. The topological polar surface area (TPSA) is 26.3 Å². The van der Waals surface area contributed by atoms with E-state index in [-0.39, 0.29) is 11.9 Å². The van der Waals surface area contributed by atoms with Gasteiger partial charge < -0.3 is 4.74 Å². The number of esters is 1. The minimum Gasteiger partial charge on any atom is -0.469 e. The number of ether oxygens (including phenoxy) is 1. The lowest BCUT2D eigenvalue weighted by atomic mass is 10.0. The third kappa shape index (κ3) is 4.13. The molecule has 0 aromatic rings. The van der Waals surface area contributed by atoms with Crippen molar-refractivity contribution in [3.63, 3.8) is 0 Å². The van der Waals surface area contributed by atoms with Gasteiger partial charge in [-0.3, -0.25) is 4.79 Å². The van der Waals surface area contributed by atoms with Crippen molar-refractivity contribution in [3.8, 4) is 0 Å². The van der Waals surface area contributed by atoms with E-state index in [1.165, 1.54) is 25.7 Å². The second-order valence-corrected chi connectivity index (χ2v) is 6.47. The Bertz CT molecular complexity index is 179. The molecule has 14 heavy (non-hydrogen) atoms. The van der Waals surface area contributed by atoms with E-state index in [0.717, 1.165) is 18.1 Å². The molecule has 0 N–H and O–H groups in total. The highest BCUT2D eigenvalue weighted by molar-refractivity contribution is 8.77. The van der Waals surface area contributed by atoms with E-state index in [2.05, 4.69) is 4.74 Å². The quantitative estimate of drug-likeness (QED) is 0.539. The van der Waals surface area contributed by atoms with Crippen LogP contribution < -0.4 is 0 Å². The molecule has 0 spiro atoms. The number of carbonyl (C=O) groups excluding carboxylic acids is 1. The summed E-state index contributed by atoms with van der Waals surface area (Å²) in [6.45, 7) is 1.95. The minimum absolute atomic E-state index is 0.0686. The van der Waals surface area contributed by atoms with Gasteiger partial charge in [0.05, 0.1) is 13.0 Å². The normalized spacial score (nSPS) is 23.4. The fraction of sp³-hybridized carbons (Fsp3) is 0.900. The maximum absolute atomic E-state index is 11.1. The fourth-order valence-corrected chi connectivity index (χ4v) is 4.56. The molecular formula is C10H18O2S2. The molecular weight excluding hydrogens is 216 g/mol. The summed E-state index contributed by atoms with van der Waals surface area (Å²) in [7, 11) is 5.45. The van der Waals surface area contributed by atoms with E-state index in [0.29, 0.717) is 0 Å². The number of hydrogen-bond acceptors (Lipinski definition) is 4. The summed E-state index contributed by atoms with van der Waals surface area (Å²) in [6.07, 6.45) is 4.70. The monoisotopic (exact) mass is 234 g/mol. The Labute approximate surface area is 93.9 Å². The van der Waals surface area contributed by atoms with Crippen molar-refractivity contribution >= 4 is 27.6 Å². The summed E-state index contributed by atoms with van der Waals surface area (Å²) in [5.41, 5.74) is 0. The summed E-state index contributed by atoms with van der Waals surface area (Å²) in [5.74, 6) is 1.29. The zero-order valence-corrected chi connectivity index (χ0v) is 10.5. The SMILES string of the molecule is COC(=O)C(C)CCCC1CCSS1. The molecule has 0 amide bonds. The van der Waals surface area contributed by atoms with Gasteiger partial charge in [0.15, 0.2) is 0 Å². The van der Waals surface area contributed by atoms with Gasteiger partial charge in [0.1, 0.15) is 0 Å². The molecule has 0 aromatic carbocycles. The van der Waals surface area contributed by atoms with Gasteiger partial charge in [0, 0.05) is 11.0 Å². The van der Waals surface area contributed by atoms with Gasteiger partial charge in [0.25, 0.3) is 0 Å². The van der Waals surface area contributed by atoms with E-state index >= 15 is 0 Å². The van der Waals surface area contributed by atoms with Crippen molar-refractivity contribution in [2.45, 2.75) is 37.9 Å². The molecule has 4 heteroatoms. The van der Waals surface area contributed by atoms with Crippen LogP contribution in [0.1, 0.15) is 32.6 Å². The molecule has 2 nitrogen and oxygen atoms in total. The molecule has 1 rings (SSSR count). The summed E-state index contributed by atoms with van der Waals surface area (Å²) < 4.78 is 4.69. The third-order valence-electron chi connectivity index (χ3n) is 2.49. The first-order valence-corrected chi connectivity index (χ1v) is 7.48. The maximum Gasteiger partial charge on any atom is 0.308 e. The lowest BCUT2D eigenvalue weighted by Gasteiger charge is -2.10. The van der Waals surface area contributed by atoms with Crippen LogP contribution in [0.5, 0.6) is 0 Å². The Hall–Kier alpha value is 0.170. The van der Waals surface area contributed by atoms with Crippen LogP contribution in [-0.4, -0.2) is 24.1 Å². The highest BCUT2D eigenvalue weighted by Crippen LogP contribution is 2.40. The molecule has 0 aromatic heterocycles. The summed E-state index contributed by atoms with van der Waals surface area (Å²) in [5, 5.41) is 0.824. The number of methoxy groups -OCH3 is 1. The third-order valence-corrected chi connectivity index (χ3v) is 5.50. The predicted octanol–water partition coefficient (Wildman–Crippen LogP) is 3.12. The average molecular weight is 234 g/mol. The van der Waals surface area contributed by atoms with E-state index in [1.54, 1.807) is 0 Å². The van der Waals surface area contributed by atoms with Gasteiger partial charge in [-0.05, 0) is 19.3 Å². The van der Waals surface area contributed by atoms with Crippen molar-refractivity contribution in [2.24, 2.45) is 5.92 Å². The maximum atomic E-state index is 11.1. The highest BCUT2D eigenvalue weighted by atomic mass is 33.1. The van der Waals surface area contributed by atoms with Crippen LogP contribution in [0.4, 0.5) is 0 Å². The molecule has 1 fully saturated rings. The van der Waals surface area contributed by atoms with Crippen LogP contribution in [0.3, 0.4) is 0 Å². The van der Waals surface area contributed by atoms with Crippen LogP contribution in [0, 0.1) is 5.92 Å². The predicted molar refractivity (Wildman–Crippen MR) is 63.5 cm³/mol. The molecule has 1 heterocycles. The Morgan fingerprint density at radius 2 is 2.43 bits per heavy atom. The lowest BCUT2D eigenvalue weighted by molar-refractivity contribution is -0.145. The molecule has 0 bridgehead atoms. The molecule has 0 aliphatic carbocycles. The van der Waals surface area contributed by atoms with Crippen LogP contribution in [0.25, 0.3) is 0 Å². The molecule has 1 aliphatic heterocycles. The number of carbonyl (C=O) groups is 1. The van der Waals surface area contributed by atoms with Gasteiger partial charge in [-0.25, -0.2) is 0 Å². The van der Waals surface area contributed by atoms with Gasteiger partial charge in [-0.15, -0.1) is 0 Å². The largest absolute Gasteiger partial charge is 0.469 e. The molecule has 1 saturated heterocycles. The Balaban J connectivity index is 2.05.